The van der Waals surface area contributed by atoms with Crippen LogP contribution in [0.4, 0.5) is 0 Å². The van der Waals surface area contributed by atoms with Crippen LogP contribution in [0.3, 0.4) is 0 Å². The normalized spacial score (nSPS) is 13.8. The Kier molecular flexibility index (Phi) is 4.24. The van der Waals surface area contributed by atoms with Crippen molar-refractivity contribution < 1.29 is 18.3 Å². The van der Waals surface area contributed by atoms with Crippen molar-refractivity contribution in [1.82, 2.24) is 14.9 Å². The Balaban J connectivity index is 2.70. The fourth-order valence-corrected chi connectivity index (χ4v) is 2.25. The minimum absolute atomic E-state index is 0.0783. The van der Waals surface area contributed by atoms with Gasteiger partial charge in [0.05, 0.1) is 12.1 Å². The number of carboxylic acid groups (broad SMARTS) is 1. The molecule has 0 aliphatic rings. The average molecular weight is 261 g/mol. The van der Waals surface area contributed by atoms with Crippen LogP contribution in [0.25, 0.3) is 0 Å². The van der Waals surface area contributed by atoms with Gasteiger partial charge in [-0.3, -0.25) is 9.89 Å². The number of H-pyrrole nitrogens is 1. The highest BCUT2D eigenvalue weighted by Crippen LogP contribution is 2.11. The van der Waals surface area contributed by atoms with E-state index in [0.717, 1.165) is 0 Å². The lowest BCUT2D eigenvalue weighted by molar-refractivity contribution is -0.142. The van der Waals surface area contributed by atoms with Crippen LogP contribution in [-0.2, 0) is 14.8 Å². The zero-order valence-corrected chi connectivity index (χ0v) is 10.4. The third kappa shape index (κ3) is 3.53. The third-order valence-corrected chi connectivity index (χ3v) is 3.73. The van der Waals surface area contributed by atoms with Crippen molar-refractivity contribution in [1.29, 1.82) is 0 Å². The number of aliphatic carboxylic acids is 1. The predicted octanol–water partition coefficient (Wildman–Crippen LogP) is 0.0448. The van der Waals surface area contributed by atoms with Crippen LogP contribution < -0.4 is 4.72 Å². The van der Waals surface area contributed by atoms with Crippen molar-refractivity contribution in [3.05, 3.63) is 12.3 Å². The summed E-state index contributed by atoms with van der Waals surface area (Å²) in [5, 5.41) is 14.7. The molecule has 0 saturated carbocycles. The number of aromatic amines is 1. The number of aromatic nitrogens is 2. The topological polar surface area (TPSA) is 112 Å². The number of nitrogens with zero attached hydrogens (tertiary/aromatic N) is 1. The standard InChI is InChI=1S/C9H15N3O4S/c1-6(2)7(9(13)14)5-11-17(15,16)8-3-4-10-12-8/h3-4,6-7,11H,5H2,1-2H3,(H,10,12)(H,13,14). The average Bonchev–Trinajstić information content (AvgIpc) is 2.69. The van der Waals surface area contributed by atoms with Gasteiger partial charge in [-0.1, -0.05) is 13.8 Å². The molecule has 8 heteroatoms. The molecule has 0 radical (unpaired) electrons. The fraction of sp³-hybridized carbons (Fsp3) is 0.556. The van der Waals surface area contributed by atoms with Gasteiger partial charge in [0.25, 0.3) is 10.0 Å². The second-order valence-corrected chi connectivity index (χ2v) is 5.70. The van der Waals surface area contributed by atoms with E-state index < -0.39 is 21.9 Å². The maximum absolute atomic E-state index is 11.7. The van der Waals surface area contributed by atoms with E-state index in [0.29, 0.717) is 0 Å². The van der Waals surface area contributed by atoms with Crippen LogP contribution in [0.15, 0.2) is 17.3 Å². The number of nitrogens with one attached hydrogen (secondary N) is 2. The lowest BCUT2D eigenvalue weighted by Gasteiger charge is -2.16. The van der Waals surface area contributed by atoms with Crippen molar-refractivity contribution in [2.45, 2.75) is 18.9 Å². The lowest BCUT2D eigenvalue weighted by atomic mass is 9.97. The number of carbonyl (C=O) groups is 1. The summed E-state index contributed by atoms with van der Waals surface area (Å²) in [6.07, 6.45) is 1.31. The fourth-order valence-electron chi connectivity index (χ4n) is 1.28. The summed E-state index contributed by atoms with van der Waals surface area (Å²) in [7, 11) is -3.71. The Bertz CT molecular complexity index is 466. The van der Waals surface area contributed by atoms with Gasteiger partial charge in [0.1, 0.15) is 0 Å². The second kappa shape index (κ2) is 5.28. The first-order valence-electron chi connectivity index (χ1n) is 5.06. The monoisotopic (exact) mass is 261 g/mol. The van der Waals surface area contributed by atoms with Crippen molar-refractivity contribution in [2.75, 3.05) is 6.54 Å². The molecule has 96 valence electrons. The molecule has 3 N–H and O–H groups in total. The zero-order chi connectivity index (χ0) is 13.1. The third-order valence-electron chi connectivity index (χ3n) is 2.38. The molecule has 0 spiro atoms. The molecule has 0 aromatic carbocycles. The van der Waals surface area contributed by atoms with Crippen LogP contribution in [0.5, 0.6) is 0 Å². The minimum Gasteiger partial charge on any atom is -0.481 e. The van der Waals surface area contributed by atoms with Crippen molar-refractivity contribution in [3.63, 3.8) is 0 Å². The van der Waals surface area contributed by atoms with E-state index in [9.17, 15) is 13.2 Å². The first-order chi connectivity index (χ1) is 7.84. The first kappa shape index (κ1) is 13.7. The Morgan fingerprint density at radius 2 is 2.24 bits per heavy atom. The van der Waals surface area contributed by atoms with Gasteiger partial charge in [-0.15, -0.1) is 0 Å². The molecule has 1 aromatic rings. The van der Waals surface area contributed by atoms with Crippen molar-refractivity contribution >= 4 is 16.0 Å². The first-order valence-corrected chi connectivity index (χ1v) is 6.54. The molecule has 1 heterocycles. The summed E-state index contributed by atoms with van der Waals surface area (Å²) in [5.74, 6) is -1.93. The van der Waals surface area contributed by atoms with Gasteiger partial charge >= 0.3 is 5.97 Å². The van der Waals surface area contributed by atoms with E-state index in [1.54, 1.807) is 13.8 Å². The zero-order valence-electron chi connectivity index (χ0n) is 9.54. The van der Waals surface area contributed by atoms with Gasteiger partial charge < -0.3 is 5.11 Å². The molecule has 0 amide bonds. The van der Waals surface area contributed by atoms with Gasteiger partial charge in [-0.05, 0) is 12.0 Å². The highest BCUT2D eigenvalue weighted by Gasteiger charge is 2.24. The van der Waals surface area contributed by atoms with E-state index in [1.807, 2.05) is 0 Å². The molecule has 1 rings (SSSR count). The molecule has 0 fully saturated rings. The summed E-state index contributed by atoms with van der Waals surface area (Å²) in [5.41, 5.74) is 0. The molecule has 0 saturated heterocycles. The van der Waals surface area contributed by atoms with Crippen LogP contribution in [0, 0.1) is 11.8 Å². The van der Waals surface area contributed by atoms with Gasteiger partial charge in [0.15, 0.2) is 5.03 Å². The Morgan fingerprint density at radius 3 is 2.65 bits per heavy atom. The van der Waals surface area contributed by atoms with E-state index in [-0.39, 0.29) is 17.5 Å². The summed E-state index contributed by atoms with van der Waals surface area (Å²) in [6, 6.07) is 1.30. The second-order valence-electron chi connectivity index (χ2n) is 3.96. The number of rotatable bonds is 6. The summed E-state index contributed by atoms with van der Waals surface area (Å²) < 4.78 is 25.6. The van der Waals surface area contributed by atoms with Crippen LogP contribution in [0.1, 0.15) is 13.8 Å². The largest absolute Gasteiger partial charge is 0.481 e. The predicted molar refractivity (Wildman–Crippen MR) is 59.7 cm³/mol. The van der Waals surface area contributed by atoms with Crippen LogP contribution in [-0.4, -0.2) is 36.2 Å². The van der Waals surface area contributed by atoms with E-state index in [1.165, 1.54) is 12.3 Å². The number of carboxylic acids is 1. The Labute approximate surface area is 99.3 Å². The molecule has 0 aliphatic carbocycles. The van der Waals surface area contributed by atoms with Crippen molar-refractivity contribution in [2.24, 2.45) is 11.8 Å². The van der Waals surface area contributed by atoms with Crippen LogP contribution in [0.2, 0.25) is 0 Å². The molecule has 1 atom stereocenters. The maximum Gasteiger partial charge on any atom is 0.308 e. The van der Waals surface area contributed by atoms with Crippen molar-refractivity contribution in [3.8, 4) is 0 Å². The van der Waals surface area contributed by atoms with Gasteiger partial charge in [-0.2, -0.15) is 5.10 Å². The Hall–Kier alpha value is -1.41. The molecule has 0 aliphatic heterocycles. The molecular weight excluding hydrogens is 246 g/mol. The maximum atomic E-state index is 11.7. The molecule has 1 aromatic heterocycles. The van der Waals surface area contributed by atoms with Gasteiger partial charge in [0, 0.05) is 6.54 Å². The van der Waals surface area contributed by atoms with Gasteiger partial charge in [-0.25, -0.2) is 13.1 Å². The van der Waals surface area contributed by atoms with Crippen LogP contribution >= 0.6 is 0 Å². The summed E-state index contributed by atoms with van der Waals surface area (Å²) in [4.78, 5) is 10.9. The Morgan fingerprint density at radius 1 is 1.59 bits per heavy atom. The SMILES string of the molecule is CC(C)C(CNS(=O)(=O)c1ccn[nH]1)C(=O)O. The quantitative estimate of drug-likeness (QED) is 0.669. The van der Waals surface area contributed by atoms with E-state index in [2.05, 4.69) is 14.9 Å². The molecule has 7 nitrogen and oxygen atoms in total. The summed E-state index contributed by atoms with van der Waals surface area (Å²) in [6.45, 7) is 3.31. The molecule has 1 unspecified atom stereocenters. The number of hydrogen-bond donors (Lipinski definition) is 3. The lowest BCUT2D eigenvalue weighted by Crippen LogP contribution is -2.35. The summed E-state index contributed by atoms with van der Waals surface area (Å²) >= 11 is 0. The van der Waals surface area contributed by atoms with E-state index >= 15 is 0 Å². The smallest absolute Gasteiger partial charge is 0.308 e. The number of sulfonamides is 1. The molecule has 0 bridgehead atoms. The number of hydrogen-bond acceptors (Lipinski definition) is 4. The highest BCUT2D eigenvalue weighted by molar-refractivity contribution is 7.89. The van der Waals surface area contributed by atoms with Gasteiger partial charge in [0.2, 0.25) is 0 Å². The molecule has 17 heavy (non-hydrogen) atoms. The van der Waals surface area contributed by atoms with E-state index in [4.69, 9.17) is 5.11 Å². The highest BCUT2D eigenvalue weighted by atomic mass is 32.2. The molecular formula is C9H15N3O4S. The minimum atomic E-state index is -3.71.